The molecule has 1 atom stereocenters. The number of aryl methyl sites for hydroxylation is 1. The Balaban J connectivity index is 1.54. The van der Waals surface area contributed by atoms with Crippen LogP contribution >= 0.6 is 0 Å². The molecule has 2 aromatic carbocycles. The standard InChI is InChI=1S/C21H22N4O/c1-2-15-8-10-16(11-9-15)13-22-20-14-23-21(26)19-12-18(24-25(19)20)17-6-4-3-5-7-17/h3-12,20,22H,2,13-14H2,1H3,(H,23,26)/t20-/m1/s1. The van der Waals surface area contributed by atoms with Crippen molar-refractivity contribution in [3.05, 3.63) is 77.5 Å². The molecule has 132 valence electrons. The summed E-state index contributed by atoms with van der Waals surface area (Å²) in [5.74, 6) is -0.0787. The maximum Gasteiger partial charge on any atom is 0.269 e. The maximum absolute atomic E-state index is 12.2. The fourth-order valence-electron chi connectivity index (χ4n) is 3.21. The molecule has 26 heavy (non-hydrogen) atoms. The molecular formula is C21H22N4O. The second kappa shape index (κ2) is 7.14. The maximum atomic E-state index is 12.2. The lowest BCUT2D eigenvalue weighted by Gasteiger charge is -2.25. The third-order valence-electron chi connectivity index (χ3n) is 4.76. The molecule has 0 fully saturated rings. The highest BCUT2D eigenvalue weighted by molar-refractivity contribution is 5.94. The van der Waals surface area contributed by atoms with Crippen LogP contribution in [0.3, 0.4) is 0 Å². The fourth-order valence-corrected chi connectivity index (χ4v) is 3.21. The lowest BCUT2D eigenvalue weighted by atomic mass is 10.1. The number of carbonyl (C=O) groups excluding carboxylic acids is 1. The van der Waals surface area contributed by atoms with Crippen LogP contribution in [0.2, 0.25) is 0 Å². The number of fused-ring (bicyclic) bond motifs is 1. The van der Waals surface area contributed by atoms with Crippen LogP contribution in [0.15, 0.2) is 60.7 Å². The summed E-state index contributed by atoms with van der Waals surface area (Å²) in [5.41, 5.74) is 4.97. The first-order valence-electron chi connectivity index (χ1n) is 8.99. The summed E-state index contributed by atoms with van der Waals surface area (Å²) in [6, 6.07) is 20.4. The van der Waals surface area contributed by atoms with E-state index in [-0.39, 0.29) is 12.1 Å². The van der Waals surface area contributed by atoms with Crippen molar-refractivity contribution in [1.82, 2.24) is 20.4 Å². The van der Waals surface area contributed by atoms with Gasteiger partial charge in [-0.1, -0.05) is 61.5 Å². The number of hydrogen-bond donors (Lipinski definition) is 2. The molecule has 0 aliphatic carbocycles. The fraction of sp³-hybridized carbons (Fsp3) is 0.238. The predicted octanol–water partition coefficient (Wildman–Crippen LogP) is 3.14. The molecule has 3 aromatic rings. The van der Waals surface area contributed by atoms with Crippen molar-refractivity contribution in [3.63, 3.8) is 0 Å². The van der Waals surface area contributed by atoms with E-state index in [0.29, 0.717) is 12.2 Å². The van der Waals surface area contributed by atoms with Crippen LogP contribution < -0.4 is 10.6 Å². The van der Waals surface area contributed by atoms with Gasteiger partial charge in [0, 0.05) is 12.1 Å². The number of benzene rings is 2. The van der Waals surface area contributed by atoms with Gasteiger partial charge in [-0.3, -0.25) is 10.1 Å². The monoisotopic (exact) mass is 346 g/mol. The number of nitrogens with one attached hydrogen (secondary N) is 2. The van der Waals surface area contributed by atoms with Crippen molar-refractivity contribution in [2.24, 2.45) is 0 Å². The van der Waals surface area contributed by atoms with E-state index in [0.717, 1.165) is 24.2 Å². The zero-order valence-corrected chi connectivity index (χ0v) is 14.8. The molecule has 0 radical (unpaired) electrons. The third-order valence-corrected chi connectivity index (χ3v) is 4.76. The molecule has 0 saturated carbocycles. The molecule has 4 rings (SSSR count). The number of nitrogens with zero attached hydrogens (tertiary/aromatic N) is 2. The van der Waals surface area contributed by atoms with Crippen molar-refractivity contribution in [1.29, 1.82) is 0 Å². The minimum atomic E-state index is -0.0787. The van der Waals surface area contributed by atoms with Gasteiger partial charge in [-0.05, 0) is 23.6 Å². The number of amides is 1. The van der Waals surface area contributed by atoms with E-state index in [9.17, 15) is 4.79 Å². The average molecular weight is 346 g/mol. The zero-order chi connectivity index (χ0) is 17.9. The quantitative estimate of drug-likeness (QED) is 0.746. The minimum absolute atomic E-state index is 0.0639. The molecule has 1 aliphatic heterocycles. The summed E-state index contributed by atoms with van der Waals surface area (Å²) in [5, 5.41) is 11.1. The Hall–Kier alpha value is -2.92. The first-order chi connectivity index (χ1) is 12.7. The Labute approximate surface area is 153 Å². The van der Waals surface area contributed by atoms with Gasteiger partial charge >= 0.3 is 0 Å². The molecule has 1 amide bonds. The molecule has 5 heteroatoms. The van der Waals surface area contributed by atoms with Crippen LogP contribution in [0.1, 0.15) is 34.7 Å². The summed E-state index contributed by atoms with van der Waals surface area (Å²) in [6.45, 7) is 3.40. The molecule has 0 saturated heterocycles. The van der Waals surface area contributed by atoms with E-state index in [1.807, 2.05) is 41.1 Å². The third kappa shape index (κ3) is 3.26. The molecule has 0 bridgehead atoms. The summed E-state index contributed by atoms with van der Waals surface area (Å²) >= 11 is 0. The molecule has 2 heterocycles. The first-order valence-corrected chi connectivity index (χ1v) is 8.99. The van der Waals surface area contributed by atoms with Crippen LogP contribution in [0, 0.1) is 0 Å². The van der Waals surface area contributed by atoms with Gasteiger partial charge in [0.15, 0.2) is 0 Å². The Kier molecular flexibility index (Phi) is 4.54. The van der Waals surface area contributed by atoms with Gasteiger partial charge in [0.1, 0.15) is 11.9 Å². The smallest absolute Gasteiger partial charge is 0.269 e. The van der Waals surface area contributed by atoms with E-state index in [2.05, 4.69) is 46.9 Å². The van der Waals surface area contributed by atoms with Crippen molar-refractivity contribution in [3.8, 4) is 11.3 Å². The van der Waals surface area contributed by atoms with Crippen molar-refractivity contribution >= 4 is 5.91 Å². The second-order valence-corrected chi connectivity index (χ2v) is 6.50. The first kappa shape index (κ1) is 16.5. The Morgan fingerprint density at radius 2 is 1.85 bits per heavy atom. The van der Waals surface area contributed by atoms with Crippen LogP contribution in [0.4, 0.5) is 0 Å². The summed E-state index contributed by atoms with van der Waals surface area (Å²) in [7, 11) is 0. The molecule has 0 spiro atoms. The number of aromatic nitrogens is 2. The minimum Gasteiger partial charge on any atom is -0.347 e. The molecule has 1 aliphatic rings. The SMILES string of the molecule is CCc1ccc(CN[C@H]2CNC(=O)c3cc(-c4ccccc4)nn32)cc1. The van der Waals surface area contributed by atoms with Gasteiger partial charge in [-0.25, -0.2) is 4.68 Å². The van der Waals surface area contributed by atoms with E-state index in [1.165, 1.54) is 11.1 Å². The van der Waals surface area contributed by atoms with Gasteiger partial charge < -0.3 is 5.32 Å². The van der Waals surface area contributed by atoms with E-state index < -0.39 is 0 Å². The Morgan fingerprint density at radius 3 is 2.58 bits per heavy atom. The normalized spacial score (nSPS) is 16.2. The van der Waals surface area contributed by atoms with Crippen LogP contribution in [0.25, 0.3) is 11.3 Å². The lowest BCUT2D eigenvalue weighted by molar-refractivity contribution is 0.0900. The average Bonchev–Trinajstić information content (AvgIpc) is 3.15. The van der Waals surface area contributed by atoms with Gasteiger partial charge in [-0.15, -0.1) is 0 Å². The van der Waals surface area contributed by atoms with Crippen molar-refractivity contribution < 1.29 is 4.79 Å². The van der Waals surface area contributed by atoms with Gasteiger partial charge in [0.25, 0.3) is 5.91 Å². The largest absolute Gasteiger partial charge is 0.347 e. The Bertz CT molecular complexity index is 900. The number of hydrogen-bond acceptors (Lipinski definition) is 3. The highest BCUT2D eigenvalue weighted by Crippen LogP contribution is 2.22. The van der Waals surface area contributed by atoms with E-state index >= 15 is 0 Å². The highest BCUT2D eigenvalue weighted by atomic mass is 16.2. The van der Waals surface area contributed by atoms with Gasteiger partial charge in [-0.2, -0.15) is 5.10 Å². The highest BCUT2D eigenvalue weighted by Gasteiger charge is 2.27. The van der Waals surface area contributed by atoms with Crippen molar-refractivity contribution in [2.45, 2.75) is 26.1 Å². The molecule has 0 unspecified atom stereocenters. The topological polar surface area (TPSA) is 58.9 Å². The number of rotatable bonds is 5. The van der Waals surface area contributed by atoms with E-state index in [1.54, 1.807) is 0 Å². The molecule has 1 aromatic heterocycles. The van der Waals surface area contributed by atoms with Crippen LogP contribution in [-0.2, 0) is 13.0 Å². The van der Waals surface area contributed by atoms with Gasteiger partial charge in [0.2, 0.25) is 0 Å². The van der Waals surface area contributed by atoms with Crippen molar-refractivity contribution in [2.75, 3.05) is 6.54 Å². The number of carbonyl (C=O) groups is 1. The van der Waals surface area contributed by atoms with E-state index in [4.69, 9.17) is 0 Å². The predicted molar refractivity (Wildman–Crippen MR) is 102 cm³/mol. The molecule has 2 N–H and O–H groups in total. The molecule has 5 nitrogen and oxygen atoms in total. The van der Waals surface area contributed by atoms with Gasteiger partial charge in [0.05, 0.1) is 12.2 Å². The second-order valence-electron chi connectivity index (χ2n) is 6.50. The summed E-state index contributed by atoms with van der Waals surface area (Å²) in [6.07, 6.45) is 0.979. The van der Waals surface area contributed by atoms with Crippen LogP contribution in [0.5, 0.6) is 0 Å². The van der Waals surface area contributed by atoms with Crippen LogP contribution in [-0.4, -0.2) is 22.2 Å². The molecular weight excluding hydrogens is 324 g/mol. The zero-order valence-electron chi connectivity index (χ0n) is 14.8. The lowest BCUT2D eigenvalue weighted by Crippen LogP contribution is -2.45. The summed E-state index contributed by atoms with van der Waals surface area (Å²) < 4.78 is 1.81. The summed E-state index contributed by atoms with van der Waals surface area (Å²) in [4.78, 5) is 12.2. The Morgan fingerprint density at radius 1 is 1.12 bits per heavy atom.